The van der Waals surface area contributed by atoms with Crippen LogP contribution in [0.15, 0.2) is 36.4 Å². The van der Waals surface area contributed by atoms with Crippen LogP contribution in [0.1, 0.15) is 10.4 Å². The zero-order chi connectivity index (χ0) is 15.6. The van der Waals surface area contributed by atoms with E-state index in [1.54, 1.807) is 0 Å². The van der Waals surface area contributed by atoms with Gasteiger partial charge in [0.05, 0.1) is 10.5 Å². The molecule has 2 rings (SSSR count). The normalized spacial score (nSPS) is 10.2. The quantitative estimate of drug-likeness (QED) is 0.516. The molecule has 0 bridgehead atoms. The Kier molecular flexibility index (Phi) is 4.04. The van der Waals surface area contributed by atoms with E-state index in [4.69, 9.17) is 17.3 Å². The Labute approximate surface area is 123 Å². The Morgan fingerprint density at radius 3 is 2.67 bits per heavy atom. The molecule has 8 heteroatoms. The highest BCUT2D eigenvalue weighted by atomic mass is 35.5. The second-order valence-electron chi connectivity index (χ2n) is 4.08. The molecule has 0 atom stereocenters. The topological polar surface area (TPSA) is 98.3 Å². The first-order chi connectivity index (χ1) is 9.90. The van der Waals surface area contributed by atoms with Gasteiger partial charge in [-0.25, -0.2) is 4.39 Å². The Bertz CT molecular complexity index is 737. The second kappa shape index (κ2) is 5.76. The number of para-hydroxylation sites is 1. The van der Waals surface area contributed by atoms with Crippen LogP contribution in [0.25, 0.3) is 0 Å². The number of nitrogens with one attached hydrogen (secondary N) is 1. The molecule has 21 heavy (non-hydrogen) atoms. The minimum atomic E-state index is -0.912. The van der Waals surface area contributed by atoms with E-state index >= 15 is 0 Å². The summed E-state index contributed by atoms with van der Waals surface area (Å²) in [6.07, 6.45) is 0. The number of nitro groups is 1. The summed E-state index contributed by atoms with van der Waals surface area (Å²) in [5.41, 5.74) is 4.70. The van der Waals surface area contributed by atoms with Gasteiger partial charge in [0.25, 0.3) is 11.6 Å². The molecule has 108 valence electrons. The molecule has 6 nitrogen and oxygen atoms in total. The summed E-state index contributed by atoms with van der Waals surface area (Å²) < 4.78 is 13.7. The number of carbonyl (C=O) groups is 1. The lowest BCUT2D eigenvalue weighted by molar-refractivity contribution is -0.384. The molecule has 0 aliphatic heterocycles. The molecule has 0 saturated carbocycles. The number of carbonyl (C=O) groups excluding carboxylic acids is 1. The highest BCUT2D eigenvalue weighted by Gasteiger charge is 2.21. The molecule has 0 aromatic heterocycles. The number of hydrogen-bond acceptors (Lipinski definition) is 4. The van der Waals surface area contributed by atoms with Gasteiger partial charge >= 0.3 is 0 Å². The number of hydrogen-bond donors (Lipinski definition) is 2. The molecular weight excluding hydrogens is 301 g/mol. The molecule has 2 aromatic rings. The number of nitrogens with zero attached hydrogens (tertiary/aromatic N) is 1. The van der Waals surface area contributed by atoms with E-state index in [9.17, 15) is 19.3 Å². The Morgan fingerprint density at radius 1 is 1.33 bits per heavy atom. The predicted octanol–water partition coefficient (Wildman–Crippen LogP) is 3.22. The molecule has 0 aliphatic rings. The van der Waals surface area contributed by atoms with Crippen LogP contribution in [-0.4, -0.2) is 10.8 Å². The fourth-order valence-corrected chi connectivity index (χ4v) is 1.89. The van der Waals surface area contributed by atoms with E-state index in [1.807, 2.05) is 0 Å². The van der Waals surface area contributed by atoms with Crippen molar-refractivity contribution in [1.29, 1.82) is 0 Å². The highest BCUT2D eigenvalue weighted by Crippen LogP contribution is 2.28. The first kappa shape index (κ1) is 14.7. The monoisotopic (exact) mass is 309 g/mol. The number of anilines is 2. The van der Waals surface area contributed by atoms with E-state index < -0.39 is 28.0 Å². The van der Waals surface area contributed by atoms with Crippen LogP contribution in [0.3, 0.4) is 0 Å². The van der Waals surface area contributed by atoms with Crippen LogP contribution in [0.4, 0.5) is 21.5 Å². The number of rotatable bonds is 3. The van der Waals surface area contributed by atoms with E-state index in [1.165, 1.54) is 24.3 Å². The molecule has 0 aliphatic carbocycles. The minimum Gasteiger partial charge on any atom is -0.398 e. The molecule has 0 heterocycles. The van der Waals surface area contributed by atoms with Gasteiger partial charge in [0.1, 0.15) is 0 Å². The van der Waals surface area contributed by atoms with Crippen LogP contribution < -0.4 is 11.1 Å². The summed E-state index contributed by atoms with van der Waals surface area (Å²) in [7, 11) is 0. The lowest BCUT2D eigenvalue weighted by Crippen LogP contribution is -2.16. The maximum absolute atomic E-state index is 13.7. The SMILES string of the molecule is Nc1cc(Cl)ccc1C(=O)Nc1c(F)cccc1[N+](=O)[O-]. The molecular formula is C13H9ClFN3O3. The Balaban J connectivity index is 2.38. The van der Waals surface area contributed by atoms with Gasteiger partial charge in [0, 0.05) is 16.8 Å². The van der Waals surface area contributed by atoms with Gasteiger partial charge in [-0.3, -0.25) is 14.9 Å². The predicted molar refractivity (Wildman–Crippen MR) is 76.9 cm³/mol. The van der Waals surface area contributed by atoms with E-state index in [0.717, 1.165) is 12.1 Å². The summed E-state index contributed by atoms with van der Waals surface area (Å²) in [4.78, 5) is 22.1. The van der Waals surface area contributed by atoms with Crippen molar-refractivity contribution in [2.75, 3.05) is 11.1 Å². The average molecular weight is 310 g/mol. The van der Waals surface area contributed by atoms with E-state index in [0.29, 0.717) is 5.02 Å². The van der Waals surface area contributed by atoms with Crippen molar-refractivity contribution in [2.45, 2.75) is 0 Å². The van der Waals surface area contributed by atoms with Crippen LogP contribution in [-0.2, 0) is 0 Å². The fourth-order valence-electron chi connectivity index (χ4n) is 1.71. The van der Waals surface area contributed by atoms with Gasteiger partial charge in [-0.15, -0.1) is 0 Å². The zero-order valence-corrected chi connectivity index (χ0v) is 11.2. The van der Waals surface area contributed by atoms with Gasteiger partial charge in [0.2, 0.25) is 0 Å². The van der Waals surface area contributed by atoms with Gasteiger partial charge in [-0.2, -0.15) is 0 Å². The van der Waals surface area contributed by atoms with Crippen molar-refractivity contribution in [3.8, 4) is 0 Å². The molecule has 0 spiro atoms. The van der Waals surface area contributed by atoms with Crippen LogP contribution in [0.2, 0.25) is 5.02 Å². The molecule has 0 saturated heterocycles. The molecule has 2 aromatic carbocycles. The third kappa shape index (κ3) is 3.09. The number of nitrogen functional groups attached to an aromatic ring is 1. The standard InChI is InChI=1S/C13H9ClFN3O3/c14-7-4-5-8(10(16)6-7)13(19)17-12-9(15)2-1-3-11(12)18(20)21/h1-6H,16H2,(H,17,19). The highest BCUT2D eigenvalue weighted by molar-refractivity contribution is 6.31. The van der Waals surface area contributed by atoms with E-state index in [2.05, 4.69) is 5.32 Å². The number of nitro benzene ring substituents is 1. The van der Waals surface area contributed by atoms with Gasteiger partial charge in [-0.1, -0.05) is 17.7 Å². The molecule has 0 fully saturated rings. The fraction of sp³-hybridized carbons (Fsp3) is 0. The summed E-state index contributed by atoms with van der Waals surface area (Å²) in [6.45, 7) is 0. The van der Waals surface area contributed by atoms with Crippen molar-refractivity contribution in [3.05, 3.63) is 62.9 Å². The number of benzene rings is 2. The zero-order valence-electron chi connectivity index (χ0n) is 10.5. The number of amides is 1. The average Bonchev–Trinajstić information content (AvgIpc) is 2.40. The lowest BCUT2D eigenvalue weighted by Gasteiger charge is -2.09. The largest absolute Gasteiger partial charge is 0.398 e. The Morgan fingerprint density at radius 2 is 2.05 bits per heavy atom. The lowest BCUT2D eigenvalue weighted by atomic mass is 10.1. The smallest absolute Gasteiger partial charge is 0.295 e. The Hall–Kier alpha value is -2.67. The number of halogens is 2. The molecule has 0 radical (unpaired) electrons. The van der Waals surface area contributed by atoms with Crippen LogP contribution >= 0.6 is 11.6 Å². The van der Waals surface area contributed by atoms with Crippen molar-refractivity contribution in [2.24, 2.45) is 0 Å². The maximum Gasteiger partial charge on any atom is 0.295 e. The van der Waals surface area contributed by atoms with Crippen molar-refractivity contribution in [1.82, 2.24) is 0 Å². The first-order valence-corrected chi connectivity index (χ1v) is 6.07. The van der Waals surface area contributed by atoms with Gasteiger partial charge in [0.15, 0.2) is 11.5 Å². The first-order valence-electron chi connectivity index (χ1n) is 5.69. The summed E-state index contributed by atoms with van der Waals surface area (Å²) in [5, 5.41) is 13.3. The van der Waals surface area contributed by atoms with Crippen molar-refractivity contribution >= 4 is 34.6 Å². The number of nitrogens with two attached hydrogens (primary N) is 1. The van der Waals surface area contributed by atoms with Crippen LogP contribution in [0, 0.1) is 15.9 Å². The molecule has 1 amide bonds. The second-order valence-corrected chi connectivity index (χ2v) is 4.51. The van der Waals surface area contributed by atoms with Crippen molar-refractivity contribution in [3.63, 3.8) is 0 Å². The van der Waals surface area contributed by atoms with E-state index in [-0.39, 0.29) is 11.3 Å². The summed E-state index contributed by atoms with van der Waals surface area (Å²) in [6, 6.07) is 7.41. The molecule has 0 unspecified atom stereocenters. The minimum absolute atomic E-state index is 0.0388. The van der Waals surface area contributed by atoms with Gasteiger partial charge in [-0.05, 0) is 24.3 Å². The third-order valence-corrected chi connectivity index (χ3v) is 2.92. The summed E-state index contributed by atoms with van der Waals surface area (Å²) >= 11 is 5.71. The maximum atomic E-state index is 13.7. The van der Waals surface area contributed by atoms with Crippen molar-refractivity contribution < 1.29 is 14.1 Å². The summed E-state index contributed by atoms with van der Waals surface area (Å²) in [5.74, 6) is -1.68. The molecule has 3 N–H and O–H groups in total. The van der Waals surface area contributed by atoms with Crippen LogP contribution in [0.5, 0.6) is 0 Å². The third-order valence-electron chi connectivity index (χ3n) is 2.69. The van der Waals surface area contributed by atoms with Gasteiger partial charge < -0.3 is 11.1 Å².